The lowest BCUT2D eigenvalue weighted by Gasteiger charge is -2.12. The first kappa shape index (κ1) is 24.0. The maximum absolute atomic E-state index is 12.3. The van der Waals surface area contributed by atoms with E-state index < -0.39 is 18.5 Å². The van der Waals surface area contributed by atoms with Gasteiger partial charge < -0.3 is 19.4 Å². The average Bonchev–Trinajstić information content (AvgIpc) is 2.97. The summed E-state index contributed by atoms with van der Waals surface area (Å²) in [5, 5.41) is 12.4. The number of esters is 1. The van der Waals surface area contributed by atoms with Crippen LogP contribution >= 0.6 is 11.6 Å². The highest BCUT2D eigenvalue weighted by molar-refractivity contribution is 6.31. The van der Waals surface area contributed by atoms with Gasteiger partial charge in [-0.15, -0.1) is 0 Å². The molecular formula is C23H26ClN3O4. The van der Waals surface area contributed by atoms with Crippen LogP contribution < -0.4 is 10.1 Å². The molecule has 0 aliphatic carbocycles. The fourth-order valence-corrected chi connectivity index (χ4v) is 3.26. The van der Waals surface area contributed by atoms with E-state index in [1.54, 1.807) is 12.1 Å². The molecule has 0 unspecified atom stereocenters. The third kappa shape index (κ3) is 6.37. The number of ether oxygens (including phenoxy) is 2. The summed E-state index contributed by atoms with van der Waals surface area (Å²) >= 11 is 5.94. The van der Waals surface area contributed by atoms with Gasteiger partial charge in [-0.05, 0) is 55.7 Å². The third-order valence-electron chi connectivity index (χ3n) is 4.57. The van der Waals surface area contributed by atoms with E-state index in [4.69, 9.17) is 21.1 Å². The number of rotatable bonds is 8. The van der Waals surface area contributed by atoms with Crippen molar-refractivity contribution in [1.82, 2.24) is 4.57 Å². The van der Waals surface area contributed by atoms with Gasteiger partial charge >= 0.3 is 5.97 Å². The molecule has 1 heterocycles. The van der Waals surface area contributed by atoms with Crippen LogP contribution in [0.5, 0.6) is 5.75 Å². The third-order valence-corrected chi connectivity index (χ3v) is 4.81. The molecule has 0 aliphatic rings. The minimum Gasteiger partial charge on any atom is -0.495 e. The molecule has 0 atom stereocenters. The Morgan fingerprint density at radius 1 is 1.29 bits per heavy atom. The number of carbonyl (C=O) groups is 2. The van der Waals surface area contributed by atoms with Crippen LogP contribution in [0.4, 0.5) is 5.69 Å². The van der Waals surface area contributed by atoms with Gasteiger partial charge in [0, 0.05) is 23.0 Å². The predicted octanol–water partition coefficient (Wildman–Crippen LogP) is 4.51. The normalized spacial score (nSPS) is 11.2. The Kier molecular flexibility index (Phi) is 8.29. The minimum absolute atomic E-state index is 0.182. The van der Waals surface area contributed by atoms with Crippen LogP contribution in [0.25, 0.3) is 6.08 Å². The van der Waals surface area contributed by atoms with Crippen molar-refractivity contribution in [1.29, 1.82) is 5.26 Å². The van der Waals surface area contributed by atoms with E-state index in [1.165, 1.54) is 19.3 Å². The van der Waals surface area contributed by atoms with Crippen molar-refractivity contribution >= 4 is 35.2 Å². The lowest BCUT2D eigenvalue weighted by molar-refractivity contribution is -0.142. The first-order chi connectivity index (χ1) is 14.7. The lowest BCUT2D eigenvalue weighted by atomic mass is 10.1. The quantitative estimate of drug-likeness (QED) is 0.368. The Labute approximate surface area is 187 Å². The highest BCUT2D eigenvalue weighted by atomic mass is 35.5. The SMILES string of the molecule is COc1ccc(Cl)cc1NC(=O)COC(=O)C(C#N)=Cc1cc(C)n(CC(C)C)c1C. The average molecular weight is 444 g/mol. The number of halogens is 1. The smallest absolute Gasteiger partial charge is 0.349 e. The molecule has 0 saturated carbocycles. The summed E-state index contributed by atoms with van der Waals surface area (Å²) < 4.78 is 12.3. The maximum Gasteiger partial charge on any atom is 0.349 e. The number of nitriles is 1. The van der Waals surface area contributed by atoms with Gasteiger partial charge in [-0.2, -0.15) is 5.26 Å². The molecule has 2 rings (SSSR count). The summed E-state index contributed by atoms with van der Waals surface area (Å²) in [6.45, 7) is 8.44. The summed E-state index contributed by atoms with van der Waals surface area (Å²) in [7, 11) is 1.46. The number of methoxy groups -OCH3 is 1. The molecule has 31 heavy (non-hydrogen) atoms. The van der Waals surface area contributed by atoms with Crippen molar-refractivity contribution in [3.63, 3.8) is 0 Å². The Morgan fingerprint density at radius 3 is 2.61 bits per heavy atom. The molecule has 0 radical (unpaired) electrons. The molecule has 1 amide bonds. The number of nitrogens with one attached hydrogen (secondary N) is 1. The molecule has 0 aliphatic heterocycles. The van der Waals surface area contributed by atoms with E-state index in [0.29, 0.717) is 22.4 Å². The number of anilines is 1. The van der Waals surface area contributed by atoms with Crippen molar-refractivity contribution < 1.29 is 19.1 Å². The highest BCUT2D eigenvalue weighted by Gasteiger charge is 2.17. The monoisotopic (exact) mass is 443 g/mol. The zero-order valence-corrected chi connectivity index (χ0v) is 19.0. The van der Waals surface area contributed by atoms with Gasteiger partial charge in [0.05, 0.1) is 12.8 Å². The minimum atomic E-state index is -0.871. The standard InChI is InChI=1S/C23H26ClN3O4/c1-14(2)12-27-15(3)8-17(16(27)4)9-18(11-25)23(29)31-13-22(28)26-20-10-19(24)6-7-21(20)30-5/h6-10,14H,12-13H2,1-5H3,(H,26,28). The summed E-state index contributed by atoms with van der Waals surface area (Å²) in [5.41, 5.74) is 2.93. The molecular weight excluding hydrogens is 418 g/mol. The molecule has 0 spiro atoms. The van der Waals surface area contributed by atoms with E-state index in [2.05, 4.69) is 23.7 Å². The second kappa shape index (κ2) is 10.7. The van der Waals surface area contributed by atoms with E-state index in [-0.39, 0.29) is 5.57 Å². The first-order valence-electron chi connectivity index (χ1n) is 9.75. The number of hydrogen-bond donors (Lipinski definition) is 1. The van der Waals surface area contributed by atoms with Crippen molar-refractivity contribution in [2.24, 2.45) is 5.92 Å². The largest absolute Gasteiger partial charge is 0.495 e. The topological polar surface area (TPSA) is 93.3 Å². The maximum atomic E-state index is 12.3. The molecule has 0 saturated heterocycles. The molecule has 164 valence electrons. The molecule has 1 N–H and O–H groups in total. The van der Waals surface area contributed by atoms with Crippen LogP contribution in [0.1, 0.15) is 30.8 Å². The zero-order chi connectivity index (χ0) is 23.1. The molecule has 1 aromatic heterocycles. The Morgan fingerprint density at radius 2 is 2.00 bits per heavy atom. The second-order valence-electron chi connectivity index (χ2n) is 7.47. The highest BCUT2D eigenvalue weighted by Crippen LogP contribution is 2.27. The molecule has 2 aromatic rings. The number of aryl methyl sites for hydroxylation is 1. The molecule has 0 fully saturated rings. The van der Waals surface area contributed by atoms with Crippen molar-refractivity contribution in [2.45, 2.75) is 34.2 Å². The zero-order valence-electron chi connectivity index (χ0n) is 18.3. The van der Waals surface area contributed by atoms with Crippen LogP contribution in [-0.2, 0) is 20.9 Å². The Balaban J connectivity index is 2.08. The first-order valence-corrected chi connectivity index (χ1v) is 10.1. The summed E-state index contributed by atoms with van der Waals surface area (Å²) in [6, 6.07) is 8.52. The molecule has 7 nitrogen and oxygen atoms in total. The van der Waals surface area contributed by atoms with Crippen molar-refractivity contribution in [2.75, 3.05) is 19.0 Å². The molecule has 0 bridgehead atoms. The van der Waals surface area contributed by atoms with E-state index >= 15 is 0 Å². The van der Waals surface area contributed by atoms with Gasteiger partial charge in [0.15, 0.2) is 6.61 Å². The number of hydrogen-bond acceptors (Lipinski definition) is 5. The van der Waals surface area contributed by atoms with Crippen LogP contribution in [0, 0.1) is 31.1 Å². The number of carbonyl (C=O) groups excluding carboxylic acids is 2. The Bertz CT molecular complexity index is 1050. The number of amides is 1. The van der Waals surface area contributed by atoms with Crippen molar-refractivity contribution in [3.05, 3.63) is 51.8 Å². The van der Waals surface area contributed by atoms with Gasteiger partial charge in [0.25, 0.3) is 5.91 Å². The van der Waals surface area contributed by atoms with E-state index in [0.717, 1.165) is 23.5 Å². The predicted molar refractivity (Wildman–Crippen MR) is 120 cm³/mol. The van der Waals surface area contributed by atoms with Crippen LogP contribution in [-0.4, -0.2) is 30.2 Å². The van der Waals surface area contributed by atoms with E-state index in [9.17, 15) is 14.9 Å². The molecule has 8 heteroatoms. The fraction of sp³-hybridized carbons (Fsp3) is 0.348. The van der Waals surface area contributed by atoms with Crippen LogP contribution in [0.3, 0.4) is 0 Å². The van der Waals surface area contributed by atoms with E-state index in [1.807, 2.05) is 26.0 Å². The van der Waals surface area contributed by atoms with Gasteiger partial charge in [-0.25, -0.2) is 4.79 Å². The second-order valence-corrected chi connectivity index (χ2v) is 7.91. The van der Waals surface area contributed by atoms with Gasteiger partial charge in [0.1, 0.15) is 17.4 Å². The number of aromatic nitrogens is 1. The van der Waals surface area contributed by atoms with Crippen molar-refractivity contribution in [3.8, 4) is 11.8 Å². The fourth-order valence-electron chi connectivity index (χ4n) is 3.09. The molecule has 1 aromatic carbocycles. The van der Waals surface area contributed by atoms with Gasteiger partial charge in [0.2, 0.25) is 0 Å². The summed E-state index contributed by atoms with van der Waals surface area (Å²) in [5.74, 6) is -0.581. The van der Waals surface area contributed by atoms with Gasteiger partial charge in [-0.3, -0.25) is 4.79 Å². The number of benzene rings is 1. The van der Waals surface area contributed by atoms with Crippen LogP contribution in [0.2, 0.25) is 5.02 Å². The summed E-state index contributed by atoms with van der Waals surface area (Å²) in [6.07, 6.45) is 1.49. The lowest BCUT2D eigenvalue weighted by Crippen LogP contribution is -2.21. The summed E-state index contributed by atoms with van der Waals surface area (Å²) in [4.78, 5) is 24.5. The number of nitrogens with zero attached hydrogens (tertiary/aromatic N) is 2. The Hall–Kier alpha value is -3.24. The van der Waals surface area contributed by atoms with Gasteiger partial charge in [-0.1, -0.05) is 25.4 Å². The van der Waals surface area contributed by atoms with Crippen LogP contribution in [0.15, 0.2) is 29.8 Å².